The van der Waals surface area contributed by atoms with Gasteiger partial charge in [0.2, 0.25) is 0 Å². The molecule has 86 valence electrons. The van der Waals surface area contributed by atoms with Crippen LogP contribution in [0.15, 0.2) is 22.7 Å². The lowest BCUT2D eigenvalue weighted by molar-refractivity contribution is -0.141. The average molecular weight is 284 g/mol. The van der Waals surface area contributed by atoms with Crippen LogP contribution in [0.1, 0.15) is 23.5 Å². The molecule has 0 fully saturated rings. The Balaban J connectivity index is 2.23. The smallest absolute Gasteiger partial charge is 0.306 e. The zero-order valence-electron chi connectivity index (χ0n) is 9.13. The maximum Gasteiger partial charge on any atom is 0.306 e. The van der Waals surface area contributed by atoms with Crippen molar-refractivity contribution in [1.82, 2.24) is 5.32 Å². The highest BCUT2D eigenvalue weighted by Gasteiger charge is 2.22. The first kappa shape index (κ1) is 11.6. The Labute approximate surface area is 103 Å². The highest BCUT2D eigenvalue weighted by atomic mass is 79.9. The Bertz CT molecular complexity index is 406. The van der Waals surface area contributed by atoms with Gasteiger partial charge in [-0.25, -0.2) is 0 Å². The molecule has 0 saturated carbocycles. The van der Waals surface area contributed by atoms with Crippen LogP contribution in [0.3, 0.4) is 0 Å². The molecule has 1 aliphatic rings. The van der Waals surface area contributed by atoms with E-state index in [4.69, 9.17) is 4.74 Å². The van der Waals surface area contributed by atoms with Crippen molar-refractivity contribution in [2.75, 3.05) is 13.7 Å². The van der Waals surface area contributed by atoms with E-state index >= 15 is 0 Å². The summed E-state index contributed by atoms with van der Waals surface area (Å²) in [6.45, 7) is 1.70. The molecule has 0 bridgehead atoms. The Morgan fingerprint density at radius 1 is 1.62 bits per heavy atom. The molecule has 1 aromatic carbocycles. The summed E-state index contributed by atoms with van der Waals surface area (Å²) < 4.78 is 5.79. The van der Waals surface area contributed by atoms with Gasteiger partial charge in [0.15, 0.2) is 0 Å². The van der Waals surface area contributed by atoms with E-state index in [9.17, 15) is 4.79 Å². The predicted octanol–water partition coefficient (Wildman–Crippen LogP) is 2.20. The Kier molecular flexibility index (Phi) is 3.61. The van der Waals surface area contributed by atoms with Gasteiger partial charge in [-0.2, -0.15) is 0 Å². The van der Waals surface area contributed by atoms with Crippen LogP contribution < -0.4 is 5.32 Å². The summed E-state index contributed by atoms with van der Waals surface area (Å²) in [6.07, 6.45) is 0.443. The van der Waals surface area contributed by atoms with Gasteiger partial charge >= 0.3 is 5.97 Å². The Morgan fingerprint density at radius 3 is 3.19 bits per heavy atom. The van der Waals surface area contributed by atoms with E-state index in [1.54, 1.807) is 0 Å². The van der Waals surface area contributed by atoms with Crippen LogP contribution in [0.25, 0.3) is 0 Å². The van der Waals surface area contributed by atoms with Crippen LogP contribution in [0.5, 0.6) is 0 Å². The van der Waals surface area contributed by atoms with Crippen LogP contribution in [0.4, 0.5) is 0 Å². The summed E-state index contributed by atoms with van der Waals surface area (Å²) >= 11 is 3.46. The van der Waals surface area contributed by atoms with E-state index in [0.717, 1.165) is 17.6 Å². The summed E-state index contributed by atoms with van der Waals surface area (Å²) in [4.78, 5) is 11.3. The second kappa shape index (κ2) is 4.97. The number of ether oxygens (including phenoxy) is 1. The topological polar surface area (TPSA) is 38.3 Å². The third-order valence-electron chi connectivity index (χ3n) is 2.89. The normalized spacial score (nSPS) is 19.0. The number of methoxy groups -OCH3 is 1. The summed E-state index contributed by atoms with van der Waals surface area (Å²) in [5.74, 6) is 0.0758. The minimum absolute atomic E-state index is 0.150. The molecule has 16 heavy (non-hydrogen) atoms. The number of hydrogen-bond donors (Lipinski definition) is 1. The average Bonchev–Trinajstić information content (AvgIpc) is 2.28. The van der Waals surface area contributed by atoms with E-state index in [0.29, 0.717) is 6.42 Å². The summed E-state index contributed by atoms with van der Waals surface area (Å²) in [5, 5.41) is 3.32. The van der Waals surface area contributed by atoms with Crippen molar-refractivity contribution in [3.05, 3.63) is 33.8 Å². The molecule has 1 N–H and O–H groups in total. The van der Waals surface area contributed by atoms with Crippen molar-refractivity contribution in [3.63, 3.8) is 0 Å². The molecule has 0 amide bonds. The molecule has 1 unspecified atom stereocenters. The summed E-state index contributed by atoms with van der Waals surface area (Å²) in [7, 11) is 1.43. The van der Waals surface area contributed by atoms with Gasteiger partial charge in [-0.3, -0.25) is 4.79 Å². The van der Waals surface area contributed by atoms with Crippen molar-refractivity contribution >= 4 is 21.9 Å². The van der Waals surface area contributed by atoms with Crippen LogP contribution in [0, 0.1) is 0 Å². The number of rotatable bonds is 2. The second-order valence-corrected chi connectivity index (χ2v) is 4.87. The fraction of sp³-hybridized carbons (Fsp3) is 0.417. The molecule has 4 heteroatoms. The van der Waals surface area contributed by atoms with Gasteiger partial charge < -0.3 is 10.1 Å². The lowest BCUT2D eigenvalue weighted by Gasteiger charge is -2.25. The monoisotopic (exact) mass is 283 g/mol. The van der Waals surface area contributed by atoms with Crippen molar-refractivity contribution in [3.8, 4) is 0 Å². The number of carbonyl (C=O) groups is 1. The van der Waals surface area contributed by atoms with Crippen molar-refractivity contribution in [2.24, 2.45) is 0 Å². The third kappa shape index (κ3) is 2.44. The SMILES string of the molecule is COC(=O)CC1CNCc2cc(Br)ccc21. The molecule has 1 heterocycles. The molecule has 0 spiro atoms. The van der Waals surface area contributed by atoms with Gasteiger partial charge in [0.25, 0.3) is 0 Å². The Hall–Kier alpha value is -0.870. The first-order valence-corrected chi connectivity index (χ1v) is 6.06. The number of benzene rings is 1. The minimum Gasteiger partial charge on any atom is -0.469 e. The molecular weight excluding hydrogens is 270 g/mol. The molecule has 0 radical (unpaired) electrons. The molecule has 1 aliphatic heterocycles. The van der Waals surface area contributed by atoms with Gasteiger partial charge in [0.1, 0.15) is 0 Å². The summed E-state index contributed by atoms with van der Waals surface area (Å²) in [5.41, 5.74) is 2.52. The molecule has 0 saturated heterocycles. The van der Waals surface area contributed by atoms with E-state index in [2.05, 4.69) is 33.4 Å². The first-order chi connectivity index (χ1) is 7.70. The largest absolute Gasteiger partial charge is 0.469 e. The maximum absolute atomic E-state index is 11.3. The fourth-order valence-electron chi connectivity index (χ4n) is 2.08. The lowest BCUT2D eigenvalue weighted by atomic mass is 9.88. The van der Waals surface area contributed by atoms with Crippen molar-refractivity contribution in [2.45, 2.75) is 18.9 Å². The summed E-state index contributed by atoms with van der Waals surface area (Å²) in [6, 6.07) is 6.22. The Morgan fingerprint density at radius 2 is 2.44 bits per heavy atom. The standard InChI is InChI=1S/C12H14BrNO2/c1-16-12(15)5-9-7-14-6-8-4-10(13)2-3-11(8)9/h2-4,9,14H,5-7H2,1H3. The molecule has 0 aliphatic carbocycles. The molecule has 2 rings (SSSR count). The maximum atomic E-state index is 11.3. The van der Waals surface area contributed by atoms with E-state index in [1.165, 1.54) is 18.2 Å². The van der Waals surface area contributed by atoms with Crippen LogP contribution in [-0.4, -0.2) is 19.6 Å². The number of esters is 1. The van der Waals surface area contributed by atoms with E-state index in [-0.39, 0.29) is 11.9 Å². The van der Waals surface area contributed by atoms with Crippen molar-refractivity contribution in [1.29, 1.82) is 0 Å². The molecule has 3 nitrogen and oxygen atoms in total. The second-order valence-electron chi connectivity index (χ2n) is 3.95. The molecule has 1 aromatic rings. The minimum atomic E-state index is -0.150. The number of carbonyl (C=O) groups excluding carboxylic acids is 1. The van der Waals surface area contributed by atoms with Crippen molar-refractivity contribution < 1.29 is 9.53 Å². The molecule has 1 atom stereocenters. The highest BCUT2D eigenvalue weighted by Crippen LogP contribution is 2.29. The lowest BCUT2D eigenvalue weighted by Crippen LogP contribution is -2.29. The fourth-order valence-corrected chi connectivity index (χ4v) is 2.49. The van der Waals surface area contributed by atoms with Gasteiger partial charge in [0.05, 0.1) is 13.5 Å². The number of nitrogens with one attached hydrogen (secondary N) is 1. The zero-order valence-corrected chi connectivity index (χ0v) is 10.7. The van der Waals surface area contributed by atoms with E-state index < -0.39 is 0 Å². The number of halogens is 1. The molecular formula is C12H14BrNO2. The van der Waals surface area contributed by atoms with Crippen LogP contribution in [0.2, 0.25) is 0 Å². The van der Waals surface area contributed by atoms with Crippen LogP contribution >= 0.6 is 15.9 Å². The third-order valence-corrected chi connectivity index (χ3v) is 3.39. The zero-order chi connectivity index (χ0) is 11.5. The van der Waals surface area contributed by atoms with E-state index in [1.807, 2.05) is 6.07 Å². The van der Waals surface area contributed by atoms with Crippen LogP contribution in [-0.2, 0) is 16.1 Å². The highest BCUT2D eigenvalue weighted by molar-refractivity contribution is 9.10. The number of fused-ring (bicyclic) bond motifs is 1. The first-order valence-electron chi connectivity index (χ1n) is 5.26. The van der Waals surface area contributed by atoms with Gasteiger partial charge in [-0.05, 0) is 23.3 Å². The van der Waals surface area contributed by atoms with Gasteiger partial charge in [-0.15, -0.1) is 0 Å². The van der Waals surface area contributed by atoms with Gasteiger partial charge in [0, 0.05) is 23.5 Å². The van der Waals surface area contributed by atoms with Gasteiger partial charge in [-0.1, -0.05) is 22.0 Å². The molecule has 0 aromatic heterocycles. The predicted molar refractivity (Wildman–Crippen MR) is 65.2 cm³/mol. The number of hydrogen-bond acceptors (Lipinski definition) is 3. The quantitative estimate of drug-likeness (QED) is 0.846.